The molecule has 0 unspecified atom stereocenters. The Morgan fingerprint density at radius 1 is 1.19 bits per heavy atom. The van der Waals surface area contributed by atoms with Gasteiger partial charge in [-0.2, -0.15) is 5.10 Å². The van der Waals surface area contributed by atoms with E-state index >= 15 is 0 Å². The summed E-state index contributed by atoms with van der Waals surface area (Å²) in [4.78, 5) is 22.7. The highest BCUT2D eigenvalue weighted by Gasteiger charge is 2.67. The van der Waals surface area contributed by atoms with E-state index in [4.69, 9.17) is 10.5 Å². The highest BCUT2D eigenvalue weighted by atomic mass is 16.5. The van der Waals surface area contributed by atoms with Crippen LogP contribution in [0.4, 0.5) is 4.79 Å². The molecule has 4 N–H and O–H groups in total. The molecular weight excluding hydrogens is 394 g/mol. The maximum atomic E-state index is 12.2. The Morgan fingerprint density at radius 2 is 2.00 bits per heavy atom. The number of amides is 2. The number of cyclic esters (lactones) is 1. The van der Waals surface area contributed by atoms with E-state index in [2.05, 4.69) is 24.4 Å². The van der Waals surface area contributed by atoms with E-state index in [1.165, 1.54) is 0 Å². The molecule has 0 saturated heterocycles. The highest BCUT2D eigenvalue weighted by Crippen LogP contribution is 2.69. The van der Waals surface area contributed by atoms with Crippen LogP contribution in [0, 0.1) is 34.5 Å². The number of hydrogen-bond donors (Lipinski definition) is 3. The van der Waals surface area contributed by atoms with Gasteiger partial charge >= 0.3 is 12.0 Å². The molecule has 7 heteroatoms. The predicted octanol–water partition coefficient (Wildman–Crippen LogP) is 3.27. The summed E-state index contributed by atoms with van der Waals surface area (Å²) >= 11 is 0. The Kier molecular flexibility index (Phi) is 4.78. The zero-order valence-corrected chi connectivity index (χ0v) is 18.7. The van der Waals surface area contributed by atoms with Crippen molar-refractivity contribution in [1.82, 2.24) is 5.43 Å². The molecule has 5 rings (SSSR count). The maximum absolute atomic E-state index is 12.2. The van der Waals surface area contributed by atoms with Gasteiger partial charge in [-0.1, -0.05) is 13.8 Å². The molecule has 0 radical (unpaired) electrons. The number of nitrogens with one attached hydrogen (secondary N) is 1. The third-order valence-corrected chi connectivity index (χ3v) is 10.1. The lowest BCUT2D eigenvalue weighted by Gasteiger charge is -2.63. The van der Waals surface area contributed by atoms with Crippen LogP contribution in [0.25, 0.3) is 0 Å². The first-order valence-electron chi connectivity index (χ1n) is 11.9. The van der Waals surface area contributed by atoms with Crippen molar-refractivity contribution in [2.24, 2.45) is 45.3 Å². The van der Waals surface area contributed by atoms with Gasteiger partial charge in [-0.15, -0.1) is 0 Å². The first kappa shape index (κ1) is 21.0. The van der Waals surface area contributed by atoms with Gasteiger partial charge in [0.05, 0.1) is 5.60 Å². The molecule has 4 fully saturated rings. The van der Waals surface area contributed by atoms with Gasteiger partial charge in [0.1, 0.15) is 6.61 Å². The summed E-state index contributed by atoms with van der Waals surface area (Å²) in [5.74, 6) is 1.34. The van der Waals surface area contributed by atoms with Crippen LogP contribution in [0.2, 0.25) is 0 Å². The lowest BCUT2D eigenvalue weighted by atomic mass is 9.43. The standard InChI is InChI=1S/C24H35N3O4/c1-22-8-5-16(26-27-21(25)29)12-15(22)3-4-19-18(22)6-9-23(2)17(7-10-24(19,23)30)14-11-20(28)31-13-14/h11,15,17-19,30H,3-10,12-13H2,1-2H3,(H3,25,27,29)/b26-16-/t15-,17-,18+,19-,22+,23-,24+/m1/s1. The van der Waals surface area contributed by atoms with Crippen molar-refractivity contribution in [2.45, 2.75) is 77.2 Å². The first-order valence-corrected chi connectivity index (χ1v) is 11.9. The average Bonchev–Trinajstić information content (AvgIpc) is 3.26. The molecule has 4 saturated carbocycles. The number of nitrogens with zero attached hydrogens (tertiary/aromatic N) is 1. The van der Waals surface area contributed by atoms with Gasteiger partial charge in [0.15, 0.2) is 0 Å². The molecule has 7 atom stereocenters. The second-order valence-corrected chi connectivity index (χ2v) is 11.1. The number of hydrazone groups is 1. The quantitative estimate of drug-likeness (QED) is 0.462. The van der Waals surface area contributed by atoms with Crippen molar-refractivity contribution in [2.75, 3.05) is 6.61 Å². The average molecular weight is 430 g/mol. The first-order chi connectivity index (χ1) is 14.7. The Balaban J connectivity index is 1.39. The van der Waals surface area contributed by atoms with Crippen LogP contribution in [0.5, 0.6) is 0 Å². The molecule has 1 aliphatic heterocycles. The minimum atomic E-state index is -0.678. The van der Waals surface area contributed by atoms with Gasteiger partial charge in [-0.25, -0.2) is 15.0 Å². The molecule has 0 aromatic heterocycles. The third-order valence-electron chi connectivity index (χ3n) is 10.1. The van der Waals surface area contributed by atoms with Crippen molar-refractivity contribution in [3.8, 4) is 0 Å². The van der Waals surface area contributed by atoms with Crippen LogP contribution in [-0.2, 0) is 9.53 Å². The van der Waals surface area contributed by atoms with E-state index in [1.807, 2.05) is 0 Å². The highest BCUT2D eigenvalue weighted by molar-refractivity contribution is 5.87. The zero-order valence-electron chi connectivity index (χ0n) is 18.7. The number of ether oxygens (including phenoxy) is 1. The molecule has 1 heterocycles. The van der Waals surface area contributed by atoms with Crippen LogP contribution in [0.1, 0.15) is 71.6 Å². The van der Waals surface area contributed by atoms with E-state index in [0.29, 0.717) is 24.4 Å². The van der Waals surface area contributed by atoms with Gasteiger partial charge in [0.2, 0.25) is 0 Å². The Hall–Kier alpha value is -1.89. The molecule has 4 aliphatic carbocycles. The Labute approximate surface area is 183 Å². The Bertz CT molecular complexity index is 869. The minimum Gasteiger partial charge on any atom is -0.458 e. The predicted molar refractivity (Wildman–Crippen MR) is 116 cm³/mol. The molecule has 5 aliphatic rings. The van der Waals surface area contributed by atoms with Crippen molar-refractivity contribution in [3.05, 3.63) is 11.6 Å². The van der Waals surface area contributed by atoms with Gasteiger partial charge in [-0.3, -0.25) is 0 Å². The third kappa shape index (κ3) is 2.99. The van der Waals surface area contributed by atoms with Crippen molar-refractivity contribution >= 4 is 17.7 Å². The fourth-order valence-corrected chi connectivity index (χ4v) is 8.45. The molecular formula is C24H35N3O4. The number of rotatable bonds is 2. The summed E-state index contributed by atoms with van der Waals surface area (Å²) in [6.45, 7) is 5.09. The fourth-order valence-electron chi connectivity index (χ4n) is 8.45. The van der Waals surface area contributed by atoms with Gasteiger partial charge in [0, 0.05) is 17.2 Å². The number of aliphatic hydroxyl groups is 1. The van der Waals surface area contributed by atoms with E-state index in [9.17, 15) is 14.7 Å². The van der Waals surface area contributed by atoms with Crippen LogP contribution in [0.15, 0.2) is 16.8 Å². The summed E-state index contributed by atoms with van der Waals surface area (Å²) in [7, 11) is 0. The number of carbonyl (C=O) groups is 2. The summed E-state index contributed by atoms with van der Waals surface area (Å²) in [6, 6.07) is -0.612. The monoisotopic (exact) mass is 429 g/mol. The number of esters is 1. The normalized spacial score (nSPS) is 47.8. The van der Waals surface area contributed by atoms with Crippen LogP contribution in [-0.4, -0.2) is 35.0 Å². The van der Waals surface area contributed by atoms with Gasteiger partial charge < -0.3 is 15.6 Å². The summed E-state index contributed by atoms with van der Waals surface area (Å²) in [5.41, 5.74) is 9.03. The van der Waals surface area contributed by atoms with Crippen molar-refractivity contribution in [3.63, 3.8) is 0 Å². The molecule has 0 aromatic carbocycles. The van der Waals surface area contributed by atoms with E-state index < -0.39 is 11.6 Å². The lowest BCUT2D eigenvalue weighted by Crippen LogP contribution is -2.62. The second kappa shape index (κ2) is 7.06. The summed E-state index contributed by atoms with van der Waals surface area (Å²) in [5, 5.41) is 16.5. The second-order valence-electron chi connectivity index (χ2n) is 11.1. The maximum Gasteiger partial charge on any atom is 0.332 e. The fraction of sp³-hybridized carbons (Fsp3) is 0.792. The van der Waals surface area contributed by atoms with E-state index in [0.717, 1.165) is 69.1 Å². The number of nitrogens with two attached hydrogens (primary N) is 1. The molecule has 0 spiro atoms. The molecule has 2 amide bonds. The molecule has 0 bridgehead atoms. The molecule has 31 heavy (non-hydrogen) atoms. The SMILES string of the molecule is C[C@]12CC/C(=N/NC(N)=O)C[C@H]1CC[C@@H]1[C@@H]2CC[C@]2(C)[C@@H](C3=CC(=O)OC3)CC[C@]12O. The van der Waals surface area contributed by atoms with E-state index in [1.54, 1.807) is 6.08 Å². The summed E-state index contributed by atoms with van der Waals surface area (Å²) in [6.07, 6.45) is 10.5. The summed E-state index contributed by atoms with van der Waals surface area (Å²) < 4.78 is 5.22. The topological polar surface area (TPSA) is 114 Å². The van der Waals surface area contributed by atoms with Crippen molar-refractivity contribution in [1.29, 1.82) is 0 Å². The zero-order chi connectivity index (χ0) is 22.0. The van der Waals surface area contributed by atoms with Gasteiger partial charge in [-0.05, 0) is 92.4 Å². The Morgan fingerprint density at radius 3 is 2.71 bits per heavy atom. The number of urea groups is 1. The molecule has 7 nitrogen and oxygen atoms in total. The number of fused-ring (bicyclic) bond motifs is 5. The number of hydrogen-bond acceptors (Lipinski definition) is 5. The molecule has 0 aromatic rings. The van der Waals surface area contributed by atoms with Crippen LogP contribution >= 0.6 is 0 Å². The van der Waals surface area contributed by atoms with Gasteiger partial charge in [0.25, 0.3) is 0 Å². The largest absolute Gasteiger partial charge is 0.458 e. The number of carbonyl (C=O) groups excluding carboxylic acids is 2. The minimum absolute atomic E-state index is 0.190. The van der Waals surface area contributed by atoms with E-state index in [-0.39, 0.29) is 22.7 Å². The lowest BCUT2D eigenvalue weighted by molar-refractivity contribution is -0.200. The van der Waals surface area contributed by atoms with Crippen LogP contribution < -0.4 is 11.2 Å². The number of primary amides is 1. The van der Waals surface area contributed by atoms with Crippen molar-refractivity contribution < 1.29 is 19.4 Å². The molecule has 170 valence electrons. The van der Waals surface area contributed by atoms with Crippen LogP contribution in [0.3, 0.4) is 0 Å². The smallest absolute Gasteiger partial charge is 0.332 e.